The molecule has 3 rings (SSSR count). The Morgan fingerprint density at radius 2 is 2.03 bits per heavy atom. The Morgan fingerprint density at radius 3 is 2.81 bits per heavy atom. The summed E-state index contributed by atoms with van der Waals surface area (Å²) in [6.45, 7) is 2.44. The van der Waals surface area contributed by atoms with Crippen LogP contribution >= 0.6 is 23.4 Å². The van der Waals surface area contributed by atoms with Crippen molar-refractivity contribution in [3.63, 3.8) is 0 Å². The third-order valence-corrected chi connectivity index (χ3v) is 6.82. The molecule has 2 N–H and O–H groups in total. The first kappa shape index (κ1) is 23.3. The fourth-order valence-corrected chi connectivity index (χ4v) is 4.47. The molecule has 31 heavy (non-hydrogen) atoms. The third kappa shape index (κ3) is 6.83. The zero-order valence-electron chi connectivity index (χ0n) is 17.8. The average Bonchev–Trinajstić information content (AvgIpc) is 3.11. The number of carbonyl (C=O) groups is 2. The molecule has 2 atom stereocenters. The second-order valence-electron chi connectivity index (χ2n) is 7.75. The van der Waals surface area contributed by atoms with Crippen molar-refractivity contribution in [3.05, 3.63) is 46.8 Å². The summed E-state index contributed by atoms with van der Waals surface area (Å²) in [7, 11) is 1.82. The molecule has 1 saturated carbocycles. The highest BCUT2D eigenvalue weighted by Gasteiger charge is 2.23. The third-order valence-electron chi connectivity index (χ3n) is 5.46. The number of hydrogen-bond acceptors (Lipinski definition) is 5. The Labute approximate surface area is 192 Å². The van der Waals surface area contributed by atoms with Crippen LogP contribution in [0.15, 0.2) is 35.5 Å². The van der Waals surface area contributed by atoms with Gasteiger partial charge in [-0.2, -0.15) is 0 Å². The van der Waals surface area contributed by atoms with Gasteiger partial charge in [0.05, 0.1) is 12.3 Å². The molecule has 1 aliphatic carbocycles. The van der Waals surface area contributed by atoms with Crippen LogP contribution < -0.4 is 10.6 Å². The van der Waals surface area contributed by atoms with E-state index in [4.69, 9.17) is 11.6 Å². The minimum atomic E-state index is -0.252. The number of nitrogens with one attached hydrogen (secondary N) is 2. The highest BCUT2D eigenvalue weighted by Crippen LogP contribution is 2.24. The van der Waals surface area contributed by atoms with E-state index in [2.05, 4.69) is 27.8 Å². The predicted octanol–water partition coefficient (Wildman–Crippen LogP) is 3.59. The maximum Gasteiger partial charge on any atom is 0.244 e. The Morgan fingerprint density at radius 1 is 1.26 bits per heavy atom. The number of nitrogens with zero attached hydrogens (tertiary/aromatic N) is 3. The number of carbonyl (C=O) groups excluding carboxylic acids is 2. The zero-order chi connectivity index (χ0) is 22.2. The van der Waals surface area contributed by atoms with Gasteiger partial charge in [0.15, 0.2) is 11.0 Å². The molecule has 1 aromatic heterocycles. The normalized spacial score (nSPS) is 18.8. The lowest BCUT2D eigenvalue weighted by atomic mass is 9.86. The Bertz CT molecular complexity index is 946. The Hall–Kier alpha value is -2.32. The van der Waals surface area contributed by atoms with Crippen LogP contribution in [0.3, 0.4) is 0 Å². The highest BCUT2D eigenvalue weighted by molar-refractivity contribution is 7.99. The number of amides is 2. The SMILES string of the molecule is C[C@@H]1CCCC[C@@H]1NC(=O)CSc1nnc(CNC(=O)/C=C/c2ccccc2Cl)n1C. The lowest BCUT2D eigenvalue weighted by Gasteiger charge is -2.29. The highest BCUT2D eigenvalue weighted by atomic mass is 35.5. The van der Waals surface area contributed by atoms with E-state index in [0.717, 1.165) is 12.0 Å². The van der Waals surface area contributed by atoms with Crippen molar-refractivity contribution in [1.29, 1.82) is 0 Å². The first-order valence-electron chi connectivity index (χ1n) is 10.4. The fourth-order valence-electron chi connectivity index (χ4n) is 3.53. The van der Waals surface area contributed by atoms with E-state index in [0.29, 0.717) is 27.7 Å². The molecule has 0 radical (unpaired) electrons. The summed E-state index contributed by atoms with van der Waals surface area (Å²) in [5.74, 6) is 1.20. The van der Waals surface area contributed by atoms with E-state index in [1.807, 2.05) is 25.2 Å². The Kier molecular flexibility index (Phi) is 8.54. The van der Waals surface area contributed by atoms with Gasteiger partial charge in [-0.05, 0) is 36.5 Å². The van der Waals surface area contributed by atoms with Crippen LogP contribution in [0.25, 0.3) is 6.08 Å². The molecule has 2 amide bonds. The number of halogens is 1. The maximum absolute atomic E-state index is 12.3. The molecule has 1 aromatic carbocycles. The summed E-state index contributed by atoms with van der Waals surface area (Å²) in [5, 5.41) is 15.4. The van der Waals surface area contributed by atoms with Gasteiger partial charge in [0.25, 0.3) is 0 Å². The molecule has 0 bridgehead atoms. The molecule has 1 heterocycles. The lowest BCUT2D eigenvalue weighted by Crippen LogP contribution is -2.41. The zero-order valence-corrected chi connectivity index (χ0v) is 19.4. The summed E-state index contributed by atoms with van der Waals surface area (Å²) >= 11 is 7.43. The molecular formula is C22H28ClN5O2S. The second kappa shape index (κ2) is 11.3. The predicted molar refractivity (Wildman–Crippen MR) is 124 cm³/mol. The molecule has 1 fully saturated rings. The van der Waals surface area contributed by atoms with Gasteiger partial charge in [-0.15, -0.1) is 10.2 Å². The molecule has 2 aromatic rings. The van der Waals surface area contributed by atoms with E-state index in [9.17, 15) is 9.59 Å². The summed E-state index contributed by atoms with van der Waals surface area (Å²) in [6, 6.07) is 7.57. The summed E-state index contributed by atoms with van der Waals surface area (Å²) < 4.78 is 1.79. The number of thioether (sulfide) groups is 1. The summed E-state index contributed by atoms with van der Waals surface area (Å²) in [6.07, 6.45) is 7.75. The molecule has 9 heteroatoms. The van der Waals surface area contributed by atoms with E-state index in [1.54, 1.807) is 16.7 Å². The number of benzene rings is 1. The lowest BCUT2D eigenvalue weighted by molar-refractivity contribution is -0.120. The van der Waals surface area contributed by atoms with E-state index < -0.39 is 0 Å². The average molecular weight is 462 g/mol. The van der Waals surface area contributed by atoms with Crippen LogP contribution in [0.1, 0.15) is 44.0 Å². The minimum absolute atomic E-state index is 0.0197. The first-order valence-corrected chi connectivity index (χ1v) is 11.8. The molecule has 7 nitrogen and oxygen atoms in total. The van der Waals surface area contributed by atoms with Gasteiger partial charge in [-0.3, -0.25) is 9.59 Å². The molecular weight excluding hydrogens is 434 g/mol. The molecule has 0 spiro atoms. The number of hydrogen-bond donors (Lipinski definition) is 2. The van der Waals surface area contributed by atoms with Crippen molar-refractivity contribution in [2.24, 2.45) is 13.0 Å². The largest absolute Gasteiger partial charge is 0.352 e. The summed E-state index contributed by atoms with van der Waals surface area (Å²) in [5.41, 5.74) is 0.776. The van der Waals surface area contributed by atoms with Crippen molar-refractivity contribution in [3.8, 4) is 0 Å². The number of rotatable bonds is 8. The van der Waals surface area contributed by atoms with Crippen LogP contribution in [-0.4, -0.2) is 38.4 Å². The van der Waals surface area contributed by atoms with E-state index in [-0.39, 0.29) is 24.4 Å². The molecule has 166 valence electrons. The van der Waals surface area contributed by atoms with Crippen molar-refractivity contribution >= 4 is 41.3 Å². The molecule has 1 aliphatic rings. The van der Waals surface area contributed by atoms with E-state index in [1.165, 1.54) is 37.1 Å². The van der Waals surface area contributed by atoms with Gasteiger partial charge in [0.1, 0.15) is 0 Å². The van der Waals surface area contributed by atoms with Crippen LogP contribution in [0.2, 0.25) is 5.02 Å². The first-order chi connectivity index (χ1) is 14.9. The van der Waals surface area contributed by atoms with Crippen LogP contribution in [0, 0.1) is 5.92 Å². The van der Waals surface area contributed by atoms with Gasteiger partial charge < -0.3 is 15.2 Å². The van der Waals surface area contributed by atoms with Crippen LogP contribution in [0.5, 0.6) is 0 Å². The maximum atomic E-state index is 12.3. The molecule has 0 saturated heterocycles. The van der Waals surface area contributed by atoms with Crippen LogP contribution in [-0.2, 0) is 23.2 Å². The van der Waals surface area contributed by atoms with Crippen LogP contribution in [0.4, 0.5) is 0 Å². The van der Waals surface area contributed by atoms with Gasteiger partial charge >= 0.3 is 0 Å². The Balaban J connectivity index is 1.45. The molecule has 0 unspecified atom stereocenters. The summed E-state index contributed by atoms with van der Waals surface area (Å²) in [4.78, 5) is 24.4. The van der Waals surface area contributed by atoms with Gasteiger partial charge in [0.2, 0.25) is 11.8 Å². The van der Waals surface area contributed by atoms with Crippen molar-refractivity contribution in [2.45, 2.75) is 50.4 Å². The van der Waals surface area contributed by atoms with Gasteiger partial charge in [-0.25, -0.2) is 0 Å². The molecule has 0 aliphatic heterocycles. The monoisotopic (exact) mass is 461 g/mol. The van der Waals surface area contributed by atoms with Crippen molar-refractivity contribution in [1.82, 2.24) is 25.4 Å². The second-order valence-corrected chi connectivity index (χ2v) is 9.10. The quantitative estimate of drug-likeness (QED) is 0.463. The fraction of sp³-hybridized carbons (Fsp3) is 0.455. The standard InChI is InChI=1S/C22H28ClN5O2S/c1-15-7-3-6-10-18(15)25-21(30)14-31-22-27-26-19(28(22)2)13-24-20(29)12-11-16-8-4-5-9-17(16)23/h4-5,8-9,11-12,15,18H,3,6-7,10,13-14H2,1-2H3,(H,24,29)(H,25,30)/b12-11+/t15-,18+/m1/s1. The van der Waals surface area contributed by atoms with Crippen molar-refractivity contribution < 1.29 is 9.59 Å². The smallest absolute Gasteiger partial charge is 0.244 e. The van der Waals surface area contributed by atoms with Gasteiger partial charge in [0, 0.05) is 24.2 Å². The van der Waals surface area contributed by atoms with Crippen molar-refractivity contribution in [2.75, 3.05) is 5.75 Å². The number of aromatic nitrogens is 3. The van der Waals surface area contributed by atoms with E-state index >= 15 is 0 Å². The van der Waals surface area contributed by atoms with Gasteiger partial charge in [-0.1, -0.05) is 61.3 Å². The topological polar surface area (TPSA) is 88.9 Å². The minimum Gasteiger partial charge on any atom is -0.352 e.